The van der Waals surface area contributed by atoms with Crippen molar-refractivity contribution in [1.29, 1.82) is 0 Å². The van der Waals surface area contributed by atoms with Crippen molar-refractivity contribution >= 4 is 11.9 Å². The van der Waals surface area contributed by atoms with Gasteiger partial charge in [0, 0.05) is 31.9 Å². The Kier molecular flexibility index (Phi) is 8.63. The van der Waals surface area contributed by atoms with Crippen LogP contribution in [0, 0.1) is 19.9 Å². The van der Waals surface area contributed by atoms with Gasteiger partial charge in [-0.25, -0.2) is 0 Å². The molecule has 139 valence electrons. The van der Waals surface area contributed by atoms with Gasteiger partial charge in [-0.05, 0) is 37.9 Å². The Bertz CT molecular complexity index is 814. The predicted molar refractivity (Wildman–Crippen MR) is 102 cm³/mol. The van der Waals surface area contributed by atoms with Crippen molar-refractivity contribution < 1.29 is 30.0 Å². The summed E-state index contributed by atoms with van der Waals surface area (Å²) in [4.78, 5) is 14.8. The molecule has 0 saturated carbocycles. The molecule has 1 aliphatic rings. The number of fused-ring (bicyclic) bond motifs is 1. The van der Waals surface area contributed by atoms with Crippen LogP contribution in [-0.4, -0.2) is 15.9 Å². The molecule has 1 aliphatic carbocycles. The number of aryl methyl sites for hydroxylation is 3. The Labute approximate surface area is 169 Å². The molecule has 0 aliphatic heterocycles. The Morgan fingerprint density at radius 3 is 2.54 bits per heavy atom. The van der Waals surface area contributed by atoms with Gasteiger partial charge in [0.15, 0.2) is 5.78 Å². The molecule has 0 atom stereocenters. The average molecular weight is 527 g/mol. The molecule has 4 heteroatoms. The number of carbonyl (C=O) groups is 1. The number of aromatic nitrogens is 1. The van der Waals surface area contributed by atoms with Crippen LogP contribution in [0.4, 0.5) is 0 Å². The first kappa shape index (κ1) is 22.0. The number of allylic oxidation sites excluding steroid dienone is 3. The summed E-state index contributed by atoms with van der Waals surface area (Å²) in [6, 6.07) is 11.9. The summed E-state index contributed by atoms with van der Waals surface area (Å²) in [5.41, 5.74) is 7.04. The standard InChI is InChI=1S/C17H16N.C5H8O2.Ir/c1-12-9-13(2)11-15(10-12)17-8-7-14-5-3-4-6-16(14)18-17;1-4(6)3-5(2)7;/h3,5,7-10H,4,6H2,1-2H3;3,6H,1-2H3;/q-1;;/b;4-3-;. The summed E-state index contributed by atoms with van der Waals surface area (Å²) >= 11 is 0. The topological polar surface area (TPSA) is 50.2 Å². The molecule has 0 saturated heterocycles. The van der Waals surface area contributed by atoms with Crippen LogP contribution in [0.3, 0.4) is 0 Å². The van der Waals surface area contributed by atoms with Crippen LogP contribution in [0.2, 0.25) is 0 Å². The van der Waals surface area contributed by atoms with E-state index in [1.807, 2.05) is 0 Å². The number of aliphatic hydroxyl groups excluding tert-OH is 1. The number of hydrogen-bond donors (Lipinski definition) is 1. The van der Waals surface area contributed by atoms with Crippen LogP contribution in [0.15, 0.2) is 42.2 Å². The summed E-state index contributed by atoms with van der Waals surface area (Å²) in [6.45, 7) is 7.05. The van der Waals surface area contributed by atoms with Crippen molar-refractivity contribution in [3.8, 4) is 11.3 Å². The van der Waals surface area contributed by atoms with E-state index in [1.54, 1.807) is 0 Å². The minimum Gasteiger partial charge on any atom is -0.512 e. The smallest absolute Gasteiger partial charge is 0.155 e. The first-order chi connectivity index (χ1) is 11.8. The minimum atomic E-state index is -0.125. The van der Waals surface area contributed by atoms with Gasteiger partial charge in [0.1, 0.15) is 0 Å². The third kappa shape index (κ3) is 6.70. The van der Waals surface area contributed by atoms with E-state index in [2.05, 4.69) is 56.3 Å². The monoisotopic (exact) mass is 527 g/mol. The van der Waals surface area contributed by atoms with Gasteiger partial charge in [-0.1, -0.05) is 38.1 Å². The van der Waals surface area contributed by atoms with E-state index in [0.29, 0.717) is 0 Å². The van der Waals surface area contributed by atoms with E-state index in [4.69, 9.17) is 10.1 Å². The van der Waals surface area contributed by atoms with Crippen molar-refractivity contribution in [3.05, 3.63) is 70.6 Å². The van der Waals surface area contributed by atoms with Crippen molar-refractivity contribution in [1.82, 2.24) is 4.98 Å². The molecule has 0 spiro atoms. The first-order valence-corrected chi connectivity index (χ1v) is 8.40. The van der Waals surface area contributed by atoms with Gasteiger partial charge in [0.2, 0.25) is 0 Å². The fraction of sp³-hybridized carbons (Fsp3) is 0.273. The number of nitrogens with zero attached hydrogens (tertiary/aromatic N) is 1. The third-order valence-corrected chi connectivity index (χ3v) is 3.69. The van der Waals surface area contributed by atoms with E-state index in [0.717, 1.165) is 24.1 Å². The maximum absolute atomic E-state index is 10.0. The number of benzene rings is 1. The van der Waals surface area contributed by atoms with Crippen molar-refractivity contribution in [3.63, 3.8) is 0 Å². The number of aliphatic hydroxyl groups is 1. The zero-order valence-electron chi connectivity index (χ0n) is 15.6. The van der Waals surface area contributed by atoms with E-state index in [9.17, 15) is 4.79 Å². The molecule has 1 radical (unpaired) electrons. The summed E-state index contributed by atoms with van der Waals surface area (Å²) < 4.78 is 0. The maximum atomic E-state index is 10.0. The summed E-state index contributed by atoms with van der Waals surface area (Å²) in [5.74, 6) is -0.0625. The van der Waals surface area contributed by atoms with Crippen LogP contribution in [0.25, 0.3) is 17.3 Å². The number of carbonyl (C=O) groups excluding carboxylic acids is 1. The zero-order chi connectivity index (χ0) is 18.4. The zero-order valence-corrected chi connectivity index (χ0v) is 18.0. The molecular formula is C22H24IrNO2-. The van der Waals surface area contributed by atoms with Gasteiger partial charge in [-0.2, -0.15) is 0 Å². The molecule has 26 heavy (non-hydrogen) atoms. The Hall–Kier alpha value is -2.03. The second-order valence-electron chi connectivity index (χ2n) is 6.32. The predicted octanol–water partition coefficient (Wildman–Crippen LogP) is 5.16. The summed E-state index contributed by atoms with van der Waals surface area (Å²) in [5, 5.41) is 8.36. The molecule has 1 N–H and O–H groups in total. The number of hydrogen-bond acceptors (Lipinski definition) is 3. The van der Waals surface area contributed by atoms with Crippen molar-refractivity contribution in [2.75, 3.05) is 0 Å². The molecule has 0 fully saturated rings. The van der Waals surface area contributed by atoms with Crippen molar-refractivity contribution in [2.45, 2.75) is 40.5 Å². The van der Waals surface area contributed by atoms with Crippen LogP contribution in [0.1, 0.15) is 42.7 Å². The number of pyridine rings is 1. The van der Waals surface area contributed by atoms with E-state index < -0.39 is 0 Å². The van der Waals surface area contributed by atoms with Gasteiger partial charge in [0.25, 0.3) is 0 Å². The minimum absolute atomic E-state index is 0. The molecule has 3 rings (SSSR count). The van der Waals surface area contributed by atoms with Crippen LogP contribution in [-0.2, 0) is 31.3 Å². The van der Waals surface area contributed by atoms with E-state index >= 15 is 0 Å². The van der Waals surface area contributed by atoms with Crippen LogP contribution in [0.5, 0.6) is 0 Å². The van der Waals surface area contributed by atoms with E-state index in [-0.39, 0.29) is 31.6 Å². The number of rotatable bonds is 2. The average Bonchev–Trinajstić information content (AvgIpc) is 2.53. The van der Waals surface area contributed by atoms with Crippen molar-refractivity contribution in [2.24, 2.45) is 0 Å². The molecule has 0 bridgehead atoms. The molecular weight excluding hydrogens is 502 g/mol. The largest absolute Gasteiger partial charge is 0.512 e. The molecule has 1 aromatic carbocycles. The summed E-state index contributed by atoms with van der Waals surface area (Å²) in [7, 11) is 0. The number of ketones is 1. The Morgan fingerprint density at radius 1 is 1.23 bits per heavy atom. The van der Waals surface area contributed by atoms with Gasteiger partial charge in [0.05, 0.1) is 5.76 Å². The van der Waals surface area contributed by atoms with Gasteiger partial charge in [-0.3, -0.25) is 4.79 Å². The van der Waals surface area contributed by atoms with Gasteiger partial charge < -0.3 is 10.1 Å². The summed E-state index contributed by atoms with van der Waals surface area (Å²) in [6.07, 6.45) is 7.69. The molecule has 1 heterocycles. The van der Waals surface area contributed by atoms with Gasteiger partial charge >= 0.3 is 0 Å². The van der Waals surface area contributed by atoms with E-state index in [1.165, 1.54) is 42.3 Å². The Balaban J connectivity index is 0.000000366. The maximum Gasteiger partial charge on any atom is 0.155 e. The fourth-order valence-electron chi connectivity index (χ4n) is 2.77. The Morgan fingerprint density at radius 2 is 1.96 bits per heavy atom. The fourth-order valence-corrected chi connectivity index (χ4v) is 2.77. The molecule has 1 aromatic heterocycles. The second kappa shape index (κ2) is 10.2. The molecule has 2 aromatic rings. The first-order valence-electron chi connectivity index (χ1n) is 8.40. The van der Waals surface area contributed by atoms with Crippen LogP contribution >= 0.6 is 0 Å². The third-order valence-electron chi connectivity index (χ3n) is 3.69. The normalized spacial score (nSPS) is 12.4. The SMILES string of the molecule is CC(=O)/C=C(/C)O.Cc1[c-]c(-c2ccc3c(n2)CCC=C3)cc(C)c1.[Ir]. The molecule has 3 nitrogen and oxygen atoms in total. The van der Waals surface area contributed by atoms with Crippen LogP contribution < -0.4 is 0 Å². The van der Waals surface area contributed by atoms with Gasteiger partial charge in [-0.15, -0.1) is 34.9 Å². The molecule has 0 unspecified atom stereocenters. The second-order valence-corrected chi connectivity index (χ2v) is 6.32. The quantitative estimate of drug-likeness (QED) is 0.334. The molecule has 0 amide bonds.